The Morgan fingerprint density at radius 2 is 2.06 bits per heavy atom. The number of anilines is 1. The number of nitrogens with two attached hydrogens (primary N) is 1. The van der Waals surface area contributed by atoms with Crippen LogP contribution in [0, 0.1) is 0 Å². The first-order valence-electron chi connectivity index (χ1n) is 4.45. The Hall–Kier alpha value is -2.44. The Kier molecular flexibility index (Phi) is 2.50. The molecule has 2 aromatic rings. The van der Waals surface area contributed by atoms with Gasteiger partial charge in [0.1, 0.15) is 0 Å². The summed E-state index contributed by atoms with van der Waals surface area (Å²) in [6.07, 6.45) is 0. The Labute approximate surface area is 90.8 Å². The highest BCUT2D eigenvalue weighted by molar-refractivity contribution is 5.89. The summed E-state index contributed by atoms with van der Waals surface area (Å²) in [5.41, 5.74) is 6.66. The van der Waals surface area contributed by atoms with Crippen LogP contribution in [-0.2, 0) is 4.74 Å². The summed E-state index contributed by atoms with van der Waals surface area (Å²) in [5.74, 6) is -0.206. The van der Waals surface area contributed by atoms with Gasteiger partial charge in [-0.25, -0.2) is 4.79 Å². The van der Waals surface area contributed by atoms with E-state index in [-0.39, 0.29) is 5.95 Å². The molecule has 0 atom stereocenters. The number of carbonyl (C=O) groups excluding carboxylic acids is 1. The zero-order valence-corrected chi connectivity index (χ0v) is 8.49. The van der Waals surface area contributed by atoms with E-state index in [0.29, 0.717) is 11.3 Å². The molecule has 2 rings (SSSR count). The fraction of sp³-hybridized carbons (Fsp3) is 0.111. The van der Waals surface area contributed by atoms with Crippen molar-refractivity contribution >= 4 is 11.9 Å². The van der Waals surface area contributed by atoms with Gasteiger partial charge in [0.05, 0.1) is 18.4 Å². The number of nitrogen functional groups attached to an aromatic ring is 1. The highest BCUT2D eigenvalue weighted by Crippen LogP contribution is 2.11. The van der Waals surface area contributed by atoms with Crippen LogP contribution in [-0.4, -0.2) is 33.3 Å². The van der Waals surface area contributed by atoms with Crippen LogP contribution in [0.2, 0.25) is 0 Å². The molecule has 7 heteroatoms. The van der Waals surface area contributed by atoms with Crippen LogP contribution < -0.4 is 5.73 Å². The first kappa shape index (κ1) is 10.1. The molecule has 1 aromatic carbocycles. The molecule has 16 heavy (non-hydrogen) atoms. The predicted octanol–water partition coefficient (Wildman–Crippen LogP) is 0.0311. The van der Waals surface area contributed by atoms with Gasteiger partial charge in [0.2, 0.25) is 5.95 Å². The number of hydrogen-bond donors (Lipinski definition) is 1. The summed E-state index contributed by atoms with van der Waals surface area (Å²) < 4.78 is 5.94. The third-order valence-electron chi connectivity index (χ3n) is 2.03. The maximum Gasteiger partial charge on any atom is 0.337 e. The molecule has 0 aliphatic carbocycles. The van der Waals surface area contributed by atoms with Gasteiger partial charge in [-0.3, -0.25) is 0 Å². The van der Waals surface area contributed by atoms with Gasteiger partial charge in [-0.2, -0.15) is 4.68 Å². The molecule has 82 valence electrons. The molecule has 1 heterocycles. The fourth-order valence-electron chi connectivity index (χ4n) is 1.23. The zero-order valence-electron chi connectivity index (χ0n) is 8.49. The third-order valence-corrected chi connectivity index (χ3v) is 2.03. The number of ether oxygens (including phenoxy) is 1. The van der Waals surface area contributed by atoms with Crippen LogP contribution in [0.3, 0.4) is 0 Å². The van der Waals surface area contributed by atoms with E-state index in [2.05, 4.69) is 20.3 Å². The topological polar surface area (TPSA) is 95.9 Å². The lowest BCUT2D eigenvalue weighted by Gasteiger charge is -2.02. The highest BCUT2D eigenvalue weighted by atomic mass is 16.5. The molecule has 0 amide bonds. The lowest BCUT2D eigenvalue weighted by atomic mass is 10.2. The van der Waals surface area contributed by atoms with Gasteiger partial charge in [0, 0.05) is 0 Å². The van der Waals surface area contributed by atoms with Gasteiger partial charge in [-0.15, -0.1) is 0 Å². The third kappa shape index (κ3) is 1.70. The normalized spacial score (nSPS) is 10.1. The van der Waals surface area contributed by atoms with Gasteiger partial charge in [0.15, 0.2) is 0 Å². The Morgan fingerprint density at radius 3 is 2.56 bits per heavy atom. The van der Waals surface area contributed by atoms with E-state index in [9.17, 15) is 4.79 Å². The summed E-state index contributed by atoms with van der Waals surface area (Å²) in [6, 6.07) is 6.59. The van der Waals surface area contributed by atoms with Crippen molar-refractivity contribution in [3.8, 4) is 5.69 Å². The average molecular weight is 219 g/mol. The van der Waals surface area contributed by atoms with Crippen molar-refractivity contribution in [1.82, 2.24) is 20.2 Å². The SMILES string of the molecule is COC(=O)c1ccc(-n2nnnc2N)cc1. The Bertz CT molecular complexity index is 505. The summed E-state index contributed by atoms with van der Waals surface area (Å²) >= 11 is 0. The zero-order chi connectivity index (χ0) is 11.5. The molecular formula is C9H9N5O2. The van der Waals surface area contributed by atoms with Crippen LogP contribution in [0.1, 0.15) is 10.4 Å². The quantitative estimate of drug-likeness (QED) is 0.716. The maximum atomic E-state index is 11.2. The molecule has 0 bridgehead atoms. The van der Waals surface area contributed by atoms with E-state index >= 15 is 0 Å². The fourth-order valence-corrected chi connectivity index (χ4v) is 1.23. The molecule has 0 aliphatic rings. The molecule has 0 saturated carbocycles. The number of tetrazole rings is 1. The van der Waals surface area contributed by atoms with Crippen molar-refractivity contribution in [3.05, 3.63) is 29.8 Å². The van der Waals surface area contributed by atoms with Crippen molar-refractivity contribution in [1.29, 1.82) is 0 Å². The van der Waals surface area contributed by atoms with E-state index in [4.69, 9.17) is 5.73 Å². The lowest BCUT2D eigenvalue weighted by Crippen LogP contribution is -2.04. The first-order chi connectivity index (χ1) is 7.72. The van der Waals surface area contributed by atoms with Crippen molar-refractivity contribution in [2.45, 2.75) is 0 Å². The monoisotopic (exact) mass is 219 g/mol. The standard InChI is InChI=1S/C9H9N5O2/c1-16-8(15)6-2-4-7(5-3-6)14-9(10)11-12-13-14/h2-5H,1H3,(H2,10,11,13). The van der Waals surface area contributed by atoms with Crippen molar-refractivity contribution < 1.29 is 9.53 Å². The summed E-state index contributed by atoms with van der Waals surface area (Å²) in [4.78, 5) is 11.2. The second-order valence-electron chi connectivity index (χ2n) is 2.99. The lowest BCUT2D eigenvalue weighted by molar-refractivity contribution is 0.0601. The van der Waals surface area contributed by atoms with Crippen LogP contribution in [0.5, 0.6) is 0 Å². The van der Waals surface area contributed by atoms with Crippen LogP contribution in [0.25, 0.3) is 5.69 Å². The minimum absolute atomic E-state index is 0.186. The van der Waals surface area contributed by atoms with E-state index in [1.165, 1.54) is 11.8 Å². The smallest absolute Gasteiger partial charge is 0.337 e. The van der Waals surface area contributed by atoms with E-state index in [1.807, 2.05) is 0 Å². The number of benzene rings is 1. The number of nitrogens with zero attached hydrogens (tertiary/aromatic N) is 4. The number of carbonyl (C=O) groups is 1. The number of rotatable bonds is 2. The van der Waals surface area contributed by atoms with Crippen molar-refractivity contribution in [3.63, 3.8) is 0 Å². The summed E-state index contributed by atoms with van der Waals surface area (Å²) in [5, 5.41) is 10.7. The van der Waals surface area contributed by atoms with Gasteiger partial charge in [-0.1, -0.05) is 5.10 Å². The minimum Gasteiger partial charge on any atom is -0.465 e. The molecule has 0 radical (unpaired) electrons. The summed E-state index contributed by atoms with van der Waals surface area (Å²) in [7, 11) is 1.33. The van der Waals surface area contributed by atoms with Crippen LogP contribution >= 0.6 is 0 Å². The van der Waals surface area contributed by atoms with Crippen molar-refractivity contribution in [2.75, 3.05) is 12.8 Å². The number of hydrogen-bond acceptors (Lipinski definition) is 6. The molecular weight excluding hydrogens is 210 g/mol. The van der Waals surface area contributed by atoms with Gasteiger partial charge in [-0.05, 0) is 34.7 Å². The number of aromatic nitrogens is 4. The largest absolute Gasteiger partial charge is 0.465 e. The van der Waals surface area contributed by atoms with E-state index < -0.39 is 5.97 Å². The molecule has 0 fully saturated rings. The number of methoxy groups -OCH3 is 1. The van der Waals surface area contributed by atoms with Gasteiger partial charge in [0.25, 0.3) is 0 Å². The predicted molar refractivity (Wildman–Crippen MR) is 54.9 cm³/mol. The van der Waals surface area contributed by atoms with Crippen LogP contribution in [0.15, 0.2) is 24.3 Å². The van der Waals surface area contributed by atoms with Gasteiger partial charge >= 0.3 is 5.97 Å². The summed E-state index contributed by atoms with van der Waals surface area (Å²) in [6.45, 7) is 0. The highest BCUT2D eigenvalue weighted by Gasteiger charge is 2.07. The molecule has 2 N–H and O–H groups in total. The minimum atomic E-state index is -0.392. The first-order valence-corrected chi connectivity index (χ1v) is 4.45. The maximum absolute atomic E-state index is 11.2. The second kappa shape index (κ2) is 3.97. The molecule has 7 nitrogen and oxygen atoms in total. The molecule has 0 aliphatic heterocycles. The molecule has 0 unspecified atom stereocenters. The van der Waals surface area contributed by atoms with E-state index in [0.717, 1.165) is 0 Å². The molecule has 1 aromatic heterocycles. The molecule has 0 spiro atoms. The van der Waals surface area contributed by atoms with Crippen molar-refractivity contribution in [2.24, 2.45) is 0 Å². The Morgan fingerprint density at radius 1 is 1.38 bits per heavy atom. The van der Waals surface area contributed by atoms with E-state index in [1.54, 1.807) is 24.3 Å². The second-order valence-corrected chi connectivity index (χ2v) is 2.99. The number of esters is 1. The molecule has 0 saturated heterocycles. The Balaban J connectivity index is 2.33. The van der Waals surface area contributed by atoms with Gasteiger partial charge < -0.3 is 10.5 Å². The average Bonchev–Trinajstić information content (AvgIpc) is 2.75. The van der Waals surface area contributed by atoms with Crippen LogP contribution in [0.4, 0.5) is 5.95 Å².